The van der Waals surface area contributed by atoms with Crippen LogP contribution in [0.2, 0.25) is 0 Å². The number of benzene rings is 1. The van der Waals surface area contributed by atoms with Crippen LogP contribution in [0.1, 0.15) is 24.8 Å². The van der Waals surface area contributed by atoms with Crippen LogP contribution in [0.25, 0.3) is 0 Å². The molecule has 0 aromatic heterocycles. The molecule has 1 aromatic carbocycles. The number of carbonyl (C=O) groups excluding carboxylic acids is 1. The summed E-state index contributed by atoms with van der Waals surface area (Å²) in [6.07, 6.45) is 4.00. The summed E-state index contributed by atoms with van der Waals surface area (Å²) in [5.74, 6) is 0.393. The van der Waals surface area contributed by atoms with Crippen molar-refractivity contribution in [1.82, 2.24) is 10.2 Å². The highest BCUT2D eigenvalue weighted by Gasteiger charge is 2.43. The number of rotatable bonds is 3. The number of likely N-dealkylation sites (tertiary alicyclic amines) is 1. The Labute approximate surface area is 115 Å². The summed E-state index contributed by atoms with van der Waals surface area (Å²) in [4.78, 5) is 14.9. The summed E-state index contributed by atoms with van der Waals surface area (Å²) >= 11 is 0. The Bertz CT molecular complexity index is 433. The van der Waals surface area contributed by atoms with E-state index in [0.717, 1.165) is 45.4 Å². The van der Waals surface area contributed by atoms with Gasteiger partial charge < -0.3 is 10.2 Å². The fourth-order valence-corrected chi connectivity index (χ4v) is 3.21. The monoisotopic (exact) mass is 258 g/mol. The van der Waals surface area contributed by atoms with Crippen LogP contribution in [0.15, 0.2) is 30.3 Å². The van der Waals surface area contributed by atoms with Crippen LogP contribution in [-0.4, -0.2) is 37.0 Å². The van der Waals surface area contributed by atoms with Gasteiger partial charge in [-0.15, -0.1) is 0 Å². The molecular formula is C16H22N2O. The molecule has 0 aliphatic carbocycles. The van der Waals surface area contributed by atoms with Crippen molar-refractivity contribution in [3.8, 4) is 0 Å². The molecular weight excluding hydrogens is 236 g/mol. The van der Waals surface area contributed by atoms with Crippen LogP contribution in [-0.2, 0) is 11.2 Å². The molecule has 1 amide bonds. The van der Waals surface area contributed by atoms with Gasteiger partial charge in [0.05, 0.1) is 5.41 Å². The maximum Gasteiger partial charge on any atom is 0.229 e. The van der Waals surface area contributed by atoms with Crippen LogP contribution in [0.5, 0.6) is 0 Å². The molecule has 0 spiro atoms. The molecule has 0 atom stereocenters. The Morgan fingerprint density at radius 1 is 1.16 bits per heavy atom. The largest absolute Gasteiger partial charge is 0.342 e. The van der Waals surface area contributed by atoms with Gasteiger partial charge in [0.25, 0.3) is 0 Å². The number of piperidine rings is 1. The minimum absolute atomic E-state index is 0.160. The molecule has 19 heavy (non-hydrogen) atoms. The van der Waals surface area contributed by atoms with E-state index in [4.69, 9.17) is 0 Å². The molecule has 2 heterocycles. The Kier molecular flexibility index (Phi) is 3.56. The van der Waals surface area contributed by atoms with E-state index in [1.807, 2.05) is 11.0 Å². The lowest BCUT2D eigenvalue weighted by molar-refractivity contribution is -0.147. The maximum atomic E-state index is 12.8. The van der Waals surface area contributed by atoms with E-state index in [0.29, 0.717) is 5.91 Å². The van der Waals surface area contributed by atoms with Gasteiger partial charge in [-0.05, 0) is 44.3 Å². The average Bonchev–Trinajstić information content (AvgIpc) is 2.39. The summed E-state index contributed by atoms with van der Waals surface area (Å²) in [6.45, 7) is 3.85. The second kappa shape index (κ2) is 5.33. The molecule has 1 aromatic rings. The highest BCUT2D eigenvalue weighted by molar-refractivity contribution is 5.84. The molecule has 2 aliphatic rings. The number of hydrogen-bond donors (Lipinski definition) is 1. The van der Waals surface area contributed by atoms with E-state index in [-0.39, 0.29) is 5.41 Å². The highest BCUT2D eigenvalue weighted by Crippen LogP contribution is 2.36. The maximum absolute atomic E-state index is 12.8. The van der Waals surface area contributed by atoms with Gasteiger partial charge in [-0.1, -0.05) is 30.3 Å². The molecule has 0 bridgehead atoms. The molecule has 2 fully saturated rings. The Hall–Kier alpha value is -1.35. The first-order chi connectivity index (χ1) is 9.30. The standard InChI is InChI=1S/C16H22N2O/c19-15(18-11-4-12-18)16(7-9-17-10-8-16)13-14-5-2-1-3-6-14/h1-3,5-6,17H,4,7-13H2. The quantitative estimate of drug-likeness (QED) is 0.897. The fraction of sp³-hybridized carbons (Fsp3) is 0.562. The predicted octanol–water partition coefficient (Wildman–Crippen LogP) is 1.83. The van der Waals surface area contributed by atoms with E-state index in [1.54, 1.807) is 0 Å². The first-order valence-corrected chi connectivity index (χ1v) is 7.34. The SMILES string of the molecule is O=C(N1CCC1)C1(Cc2ccccc2)CCNCC1. The van der Waals surface area contributed by atoms with Crippen molar-refractivity contribution in [2.45, 2.75) is 25.7 Å². The number of carbonyl (C=O) groups is 1. The molecule has 102 valence electrons. The fourth-order valence-electron chi connectivity index (χ4n) is 3.21. The lowest BCUT2D eigenvalue weighted by Crippen LogP contribution is -2.54. The summed E-state index contributed by atoms with van der Waals surface area (Å²) < 4.78 is 0. The van der Waals surface area contributed by atoms with Crippen molar-refractivity contribution in [2.75, 3.05) is 26.2 Å². The third-order valence-corrected chi connectivity index (χ3v) is 4.54. The van der Waals surface area contributed by atoms with Gasteiger partial charge >= 0.3 is 0 Å². The van der Waals surface area contributed by atoms with E-state index >= 15 is 0 Å². The van der Waals surface area contributed by atoms with E-state index in [1.165, 1.54) is 12.0 Å². The molecule has 0 saturated carbocycles. The van der Waals surface area contributed by atoms with Gasteiger partial charge in [0.15, 0.2) is 0 Å². The molecule has 3 nitrogen and oxygen atoms in total. The van der Waals surface area contributed by atoms with Crippen molar-refractivity contribution < 1.29 is 4.79 Å². The zero-order valence-electron chi connectivity index (χ0n) is 11.4. The Morgan fingerprint density at radius 2 is 1.84 bits per heavy atom. The number of nitrogens with one attached hydrogen (secondary N) is 1. The van der Waals surface area contributed by atoms with Gasteiger partial charge in [0.2, 0.25) is 5.91 Å². The van der Waals surface area contributed by atoms with Crippen LogP contribution in [0, 0.1) is 5.41 Å². The third kappa shape index (κ3) is 2.52. The zero-order chi connectivity index (χ0) is 13.1. The molecule has 3 heteroatoms. The van der Waals surface area contributed by atoms with Crippen molar-refractivity contribution in [3.05, 3.63) is 35.9 Å². The summed E-state index contributed by atoms with van der Waals surface area (Å²) in [5.41, 5.74) is 1.13. The normalized spacial score (nSPS) is 21.8. The number of hydrogen-bond acceptors (Lipinski definition) is 2. The predicted molar refractivity (Wildman–Crippen MR) is 75.9 cm³/mol. The summed E-state index contributed by atoms with van der Waals surface area (Å²) in [7, 11) is 0. The van der Waals surface area contributed by atoms with Crippen molar-refractivity contribution in [2.24, 2.45) is 5.41 Å². The second-order valence-corrected chi connectivity index (χ2v) is 5.84. The van der Waals surface area contributed by atoms with E-state index in [2.05, 4.69) is 29.6 Å². The van der Waals surface area contributed by atoms with Gasteiger partial charge in [0.1, 0.15) is 0 Å². The summed E-state index contributed by atoms with van der Waals surface area (Å²) in [6, 6.07) is 10.5. The van der Waals surface area contributed by atoms with Crippen molar-refractivity contribution in [3.63, 3.8) is 0 Å². The zero-order valence-corrected chi connectivity index (χ0v) is 11.4. The molecule has 3 rings (SSSR count). The minimum Gasteiger partial charge on any atom is -0.342 e. The Morgan fingerprint density at radius 3 is 2.42 bits per heavy atom. The van der Waals surface area contributed by atoms with Crippen LogP contribution < -0.4 is 5.32 Å². The van der Waals surface area contributed by atoms with E-state index in [9.17, 15) is 4.79 Å². The van der Waals surface area contributed by atoms with Crippen molar-refractivity contribution in [1.29, 1.82) is 0 Å². The third-order valence-electron chi connectivity index (χ3n) is 4.54. The highest BCUT2D eigenvalue weighted by atomic mass is 16.2. The average molecular weight is 258 g/mol. The van der Waals surface area contributed by atoms with Gasteiger partial charge in [-0.25, -0.2) is 0 Å². The molecule has 1 N–H and O–H groups in total. The van der Waals surface area contributed by atoms with Gasteiger partial charge in [-0.2, -0.15) is 0 Å². The van der Waals surface area contributed by atoms with Gasteiger partial charge in [0, 0.05) is 13.1 Å². The van der Waals surface area contributed by atoms with Gasteiger partial charge in [-0.3, -0.25) is 4.79 Å². The summed E-state index contributed by atoms with van der Waals surface area (Å²) in [5, 5.41) is 3.38. The lowest BCUT2D eigenvalue weighted by Gasteiger charge is -2.43. The van der Waals surface area contributed by atoms with Crippen LogP contribution >= 0.6 is 0 Å². The van der Waals surface area contributed by atoms with Crippen LogP contribution in [0.3, 0.4) is 0 Å². The van der Waals surface area contributed by atoms with Crippen LogP contribution in [0.4, 0.5) is 0 Å². The second-order valence-electron chi connectivity index (χ2n) is 5.84. The van der Waals surface area contributed by atoms with E-state index < -0.39 is 0 Å². The smallest absolute Gasteiger partial charge is 0.229 e. The molecule has 0 unspecified atom stereocenters. The minimum atomic E-state index is -0.160. The lowest BCUT2D eigenvalue weighted by atomic mass is 9.72. The molecule has 2 saturated heterocycles. The topological polar surface area (TPSA) is 32.3 Å². The number of nitrogens with zero attached hydrogens (tertiary/aromatic N) is 1. The molecule has 2 aliphatic heterocycles. The molecule has 0 radical (unpaired) electrons. The first kappa shape index (κ1) is 12.7. The first-order valence-electron chi connectivity index (χ1n) is 7.34. The Balaban J connectivity index is 1.81. The number of amides is 1. The van der Waals surface area contributed by atoms with Crippen molar-refractivity contribution >= 4 is 5.91 Å².